The fourth-order valence-electron chi connectivity index (χ4n) is 3.71. The highest BCUT2D eigenvalue weighted by atomic mass is 16.5. The summed E-state index contributed by atoms with van der Waals surface area (Å²) >= 11 is 0. The van der Waals surface area contributed by atoms with Gasteiger partial charge in [-0.1, -0.05) is 30.3 Å². The number of fused-ring (bicyclic) bond motifs is 1. The molecule has 9 nitrogen and oxygen atoms in total. The summed E-state index contributed by atoms with van der Waals surface area (Å²) in [5.74, 6) is 0.650. The molecule has 1 atom stereocenters. The fourth-order valence-corrected chi connectivity index (χ4v) is 3.71. The Balaban J connectivity index is 1.70. The molecule has 32 heavy (non-hydrogen) atoms. The van der Waals surface area contributed by atoms with Crippen molar-refractivity contribution in [2.45, 2.75) is 19.6 Å². The third-order valence-corrected chi connectivity index (χ3v) is 5.05. The van der Waals surface area contributed by atoms with E-state index in [1.54, 1.807) is 34.0 Å². The lowest BCUT2D eigenvalue weighted by atomic mass is 9.93. The van der Waals surface area contributed by atoms with Gasteiger partial charge in [0, 0.05) is 17.3 Å². The SMILES string of the molecule is CC(Cn1cnnn1)Oc1ccc(C#N)c(-c2cnc3cccnn23)c1-c1ccccc1. The average Bonchev–Trinajstić information content (AvgIpc) is 3.49. The summed E-state index contributed by atoms with van der Waals surface area (Å²) in [7, 11) is 0. The average molecular weight is 422 g/mol. The van der Waals surface area contributed by atoms with Gasteiger partial charge in [0.2, 0.25) is 0 Å². The zero-order valence-electron chi connectivity index (χ0n) is 17.2. The van der Waals surface area contributed by atoms with E-state index in [4.69, 9.17) is 4.74 Å². The van der Waals surface area contributed by atoms with Gasteiger partial charge in [-0.15, -0.1) is 5.10 Å². The molecule has 1 unspecified atom stereocenters. The molecule has 0 aliphatic heterocycles. The molecule has 0 amide bonds. The molecule has 5 rings (SSSR count). The Hall–Kier alpha value is -4.58. The second-order valence-electron chi connectivity index (χ2n) is 7.24. The van der Waals surface area contributed by atoms with Gasteiger partial charge in [-0.3, -0.25) is 0 Å². The number of hydrogen-bond donors (Lipinski definition) is 0. The topological polar surface area (TPSA) is 107 Å². The summed E-state index contributed by atoms with van der Waals surface area (Å²) in [6, 6.07) is 19.5. The van der Waals surface area contributed by atoms with Gasteiger partial charge in [0.05, 0.1) is 30.1 Å². The van der Waals surface area contributed by atoms with Gasteiger partial charge < -0.3 is 4.74 Å². The third-order valence-electron chi connectivity index (χ3n) is 5.05. The number of aromatic nitrogens is 7. The number of nitrogens with zero attached hydrogens (tertiary/aromatic N) is 8. The van der Waals surface area contributed by atoms with Crippen LogP contribution in [-0.4, -0.2) is 40.9 Å². The van der Waals surface area contributed by atoms with E-state index in [2.05, 4.69) is 31.7 Å². The normalized spacial score (nSPS) is 11.9. The number of nitriles is 1. The Kier molecular flexibility index (Phi) is 5.01. The van der Waals surface area contributed by atoms with Crippen LogP contribution in [0.5, 0.6) is 5.75 Å². The Morgan fingerprint density at radius 1 is 1.06 bits per heavy atom. The van der Waals surface area contributed by atoms with Crippen molar-refractivity contribution in [3.05, 3.63) is 78.9 Å². The minimum atomic E-state index is -0.220. The van der Waals surface area contributed by atoms with Crippen molar-refractivity contribution in [3.8, 4) is 34.2 Å². The molecule has 156 valence electrons. The number of benzene rings is 2. The fraction of sp³-hybridized carbons (Fsp3) is 0.130. The van der Waals surface area contributed by atoms with Gasteiger partial charge >= 0.3 is 0 Å². The Bertz CT molecular complexity index is 1400. The van der Waals surface area contributed by atoms with Crippen LogP contribution < -0.4 is 4.74 Å². The smallest absolute Gasteiger partial charge is 0.154 e. The van der Waals surface area contributed by atoms with Crippen molar-refractivity contribution in [1.29, 1.82) is 5.26 Å². The van der Waals surface area contributed by atoms with E-state index in [-0.39, 0.29) is 6.10 Å². The van der Waals surface area contributed by atoms with Crippen LogP contribution in [0.25, 0.3) is 28.0 Å². The zero-order valence-corrected chi connectivity index (χ0v) is 17.2. The highest BCUT2D eigenvalue weighted by Gasteiger charge is 2.22. The summed E-state index contributed by atoms with van der Waals surface area (Å²) in [6.07, 6.45) is 4.76. The van der Waals surface area contributed by atoms with Crippen LogP contribution in [0.2, 0.25) is 0 Å². The summed E-state index contributed by atoms with van der Waals surface area (Å²) in [6.45, 7) is 2.43. The Morgan fingerprint density at radius 2 is 1.94 bits per heavy atom. The van der Waals surface area contributed by atoms with E-state index in [1.807, 2.05) is 55.5 Å². The zero-order chi connectivity index (χ0) is 21.9. The maximum atomic E-state index is 9.94. The van der Waals surface area contributed by atoms with Crippen molar-refractivity contribution in [2.75, 3.05) is 0 Å². The number of ether oxygens (including phenoxy) is 1. The molecule has 3 heterocycles. The van der Waals surface area contributed by atoms with Crippen molar-refractivity contribution in [2.24, 2.45) is 0 Å². The van der Waals surface area contributed by atoms with Crippen LogP contribution in [-0.2, 0) is 6.54 Å². The van der Waals surface area contributed by atoms with Crippen LogP contribution in [0.15, 0.2) is 73.3 Å². The van der Waals surface area contributed by atoms with Crippen LogP contribution >= 0.6 is 0 Å². The summed E-state index contributed by atoms with van der Waals surface area (Å²) in [5, 5.41) is 25.6. The quantitative estimate of drug-likeness (QED) is 0.413. The molecule has 0 N–H and O–H groups in total. The van der Waals surface area contributed by atoms with Crippen molar-refractivity contribution < 1.29 is 4.74 Å². The molecule has 9 heteroatoms. The lowest BCUT2D eigenvalue weighted by Crippen LogP contribution is -2.20. The van der Waals surface area contributed by atoms with E-state index in [9.17, 15) is 5.26 Å². The first-order valence-electron chi connectivity index (χ1n) is 10.0. The first-order valence-corrected chi connectivity index (χ1v) is 10.0. The summed E-state index contributed by atoms with van der Waals surface area (Å²) < 4.78 is 9.70. The molecular formula is C23H18N8O. The van der Waals surface area contributed by atoms with Crippen molar-refractivity contribution >= 4 is 5.65 Å². The molecule has 0 fully saturated rings. The van der Waals surface area contributed by atoms with Crippen molar-refractivity contribution in [1.82, 2.24) is 34.8 Å². The van der Waals surface area contributed by atoms with Gasteiger partial charge in [-0.05, 0) is 47.2 Å². The molecule has 0 bridgehead atoms. The van der Waals surface area contributed by atoms with E-state index < -0.39 is 0 Å². The second kappa shape index (κ2) is 8.28. The third kappa shape index (κ3) is 3.54. The molecular weight excluding hydrogens is 404 g/mol. The van der Waals surface area contributed by atoms with Gasteiger partial charge in [0.15, 0.2) is 5.65 Å². The van der Waals surface area contributed by atoms with Crippen LogP contribution in [0.1, 0.15) is 12.5 Å². The highest BCUT2D eigenvalue weighted by Crippen LogP contribution is 2.41. The molecule has 0 radical (unpaired) electrons. The molecule has 0 aliphatic rings. The van der Waals surface area contributed by atoms with Gasteiger partial charge in [-0.2, -0.15) is 10.4 Å². The minimum Gasteiger partial charge on any atom is -0.488 e. The number of imidazole rings is 1. The predicted octanol–water partition coefficient (Wildman–Crippen LogP) is 3.39. The molecule has 0 saturated heterocycles. The number of tetrazole rings is 1. The standard InChI is InChI=1S/C23H18N8O/c1-16(14-30-15-26-28-29-30)32-20-10-9-18(12-24)22(23(20)17-6-3-2-4-7-17)19-13-25-21-8-5-11-27-31(19)21/h2-11,13,15-16H,14H2,1H3. The van der Waals surface area contributed by atoms with Crippen LogP contribution in [0.4, 0.5) is 0 Å². The Morgan fingerprint density at radius 3 is 2.72 bits per heavy atom. The minimum absolute atomic E-state index is 0.220. The predicted molar refractivity (Wildman–Crippen MR) is 116 cm³/mol. The van der Waals surface area contributed by atoms with E-state index in [0.717, 1.165) is 22.4 Å². The summed E-state index contributed by atoms with van der Waals surface area (Å²) in [5.41, 5.74) is 4.38. The van der Waals surface area contributed by atoms with Gasteiger partial charge in [-0.25, -0.2) is 14.2 Å². The molecule has 2 aromatic carbocycles. The first kappa shape index (κ1) is 19.4. The van der Waals surface area contributed by atoms with Crippen molar-refractivity contribution in [3.63, 3.8) is 0 Å². The van der Waals surface area contributed by atoms with Gasteiger partial charge in [0.25, 0.3) is 0 Å². The number of rotatable bonds is 6. The number of hydrogen-bond acceptors (Lipinski definition) is 7. The van der Waals surface area contributed by atoms with Gasteiger partial charge in [0.1, 0.15) is 18.2 Å². The first-order chi connectivity index (χ1) is 15.7. The van der Waals surface area contributed by atoms with E-state index >= 15 is 0 Å². The largest absolute Gasteiger partial charge is 0.488 e. The monoisotopic (exact) mass is 422 g/mol. The highest BCUT2D eigenvalue weighted by molar-refractivity contribution is 5.90. The molecule has 5 aromatic rings. The molecule has 0 aliphatic carbocycles. The van der Waals surface area contributed by atoms with Crippen LogP contribution in [0.3, 0.4) is 0 Å². The molecule has 3 aromatic heterocycles. The van der Waals surface area contributed by atoms with Crippen LogP contribution in [0, 0.1) is 11.3 Å². The lowest BCUT2D eigenvalue weighted by molar-refractivity contribution is 0.194. The summed E-state index contributed by atoms with van der Waals surface area (Å²) in [4.78, 5) is 4.47. The van der Waals surface area contributed by atoms with E-state index in [1.165, 1.54) is 0 Å². The Labute approximate surface area is 183 Å². The van der Waals surface area contributed by atoms with E-state index in [0.29, 0.717) is 23.5 Å². The lowest BCUT2D eigenvalue weighted by Gasteiger charge is -2.20. The molecule has 0 saturated carbocycles. The molecule has 0 spiro atoms. The maximum Gasteiger partial charge on any atom is 0.154 e. The maximum absolute atomic E-state index is 9.94. The second-order valence-corrected chi connectivity index (χ2v) is 7.24.